The maximum atomic E-state index is 8.97. The molecule has 0 saturated heterocycles. The summed E-state index contributed by atoms with van der Waals surface area (Å²) in [4.78, 5) is 0. The van der Waals surface area contributed by atoms with Crippen LogP contribution in [0.2, 0.25) is 0 Å². The molecule has 0 spiro atoms. The van der Waals surface area contributed by atoms with Gasteiger partial charge in [-0.2, -0.15) is 0 Å². The Labute approximate surface area is 300 Å². The van der Waals surface area contributed by atoms with E-state index in [1.807, 2.05) is 28.8 Å². The molecule has 0 aliphatic heterocycles. The molecule has 11 rings (SSSR count). The number of hydrogen-bond acceptors (Lipinski definition) is 0. The molecule has 0 amide bonds. The van der Waals surface area contributed by atoms with Crippen molar-refractivity contribution in [2.75, 3.05) is 0 Å². The van der Waals surface area contributed by atoms with Gasteiger partial charge in [0.2, 0.25) is 0 Å². The summed E-state index contributed by atoms with van der Waals surface area (Å²) in [6.07, 6.45) is 0. The molecule has 0 N–H and O–H groups in total. The Balaban J connectivity index is 1.12. The molecule has 11 aromatic rings. The second kappa shape index (κ2) is 10.8. The normalized spacial score (nSPS) is 13.0. The maximum absolute atomic E-state index is 8.97. The molecule has 0 fully saturated rings. The first-order valence-corrected chi connectivity index (χ1v) is 17.2. The highest BCUT2D eigenvalue weighted by Gasteiger charge is 2.18. The van der Waals surface area contributed by atoms with E-state index in [4.69, 9.17) is 5.48 Å². The molecule has 51 heavy (non-hydrogen) atoms. The minimum atomic E-state index is -0.237. The summed E-state index contributed by atoms with van der Waals surface area (Å²) in [6, 6.07) is 56.6. The minimum absolute atomic E-state index is 0.0248. The van der Waals surface area contributed by atoms with Crippen molar-refractivity contribution in [2.45, 2.75) is 0 Å². The van der Waals surface area contributed by atoms with Gasteiger partial charge in [0, 0.05) is 49.3 Å². The van der Waals surface area contributed by atoms with E-state index in [9.17, 15) is 0 Å². The Morgan fingerprint density at radius 2 is 0.843 bits per heavy atom. The Morgan fingerprint density at radius 1 is 0.333 bits per heavy atom. The predicted molar refractivity (Wildman–Crippen MR) is 215 cm³/mol. The first kappa shape index (κ1) is 24.3. The molecule has 0 bridgehead atoms. The average molecular weight is 654 g/mol. The Morgan fingerprint density at radius 3 is 1.55 bits per heavy atom. The van der Waals surface area contributed by atoms with Crippen LogP contribution in [0, 0.1) is 0 Å². The molecule has 0 saturated carbocycles. The van der Waals surface area contributed by atoms with E-state index in [0.717, 1.165) is 60.9 Å². The van der Waals surface area contributed by atoms with Crippen LogP contribution >= 0.6 is 0 Å². The second-order valence-corrected chi connectivity index (χ2v) is 13.1. The number of aromatic nitrogens is 3. The zero-order chi connectivity index (χ0) is 36.9. The van der Waals surface area contributed by atoms with Crippen molar-refractivity contribution in [3.05, 3.63) is 188 Å². The van der Waals surface area contributed by atoms with Crippen LogP contribution in [0.4, 0.5) is 0 Å². The van der Waals surface area contributed by atoms with Crippen molar-refractivity contribution in [1.82, 2.24) is 13.7 Å². The van der Waals surface area contributed by atoms with Gasteiger partial charge in [-0.25, -0.2) is 0 Å². The van der Waals surface area contributed by atoms with Crippen LogP contribution in [0.5, 0.6) is 0 Å². The van der Waals surface area contributed by atoms with Crippen molar-refractivity contribution in [3.63, 3.8) is 0 Å². The Bertz CT molecular complexity index is 3330. The summed E-state index contributed by atoms with van der Waals surface area (Å²) >= 11 is 0. The van der Waals surface area contributed by atoms with E-state index in [2.05, 4.69) is 149 Å². The molecule has 0 atom stereocenters. The van der Waals surface area contributed by atoms with Crippen molar-refractivity contribution in [3.8, 4) is 28.2 Å². The van der Waals surface area contributed by atoms with Crippen LogP contribution < -0.4 is 0 Å². The van der Waals surface area contributed by atoms with Gasteiger partial charge in [0.15, 0.2) is 0 Å². The van der Waals surface area contributed by atoms with Crippen LogP contribution in [0.3, 0.4) is 0 Å². The SMILES string of the molecule is [2H]c1c([2H])c([2H])c2c(c1[2H])c1ccccc1n2-c1ccc2c(c1)c1ccccc1n2-c1cccc(-c2ccccc2-n2c3ccccc3c3ccccc32)c1. The van der Waals surface area contributed by atoms with E-state index in [0.29, 0.717) is 10.9 Å². The first-order chi connectivity index (χ1) is 27.0. The molecule has 0 unspecified atom stereocenters. The van der Waals surface area contributed by atoms with Crippen LogP contribution in [0.15, 0.2) is 188 Å². The number of rotatable bonds is 4. The van der Waals surface area contributed by atoms with Gasteiger partial charge in [-0.05, 0) is 72.3 Å². The summed E-state index contributed by atoms with van der Waals surface area (Å²) in [5.41, 5.74) is 11.0. The lowest BCUT2D eigenvalue weighted by Crippen LogP contribution is -1.98. The Kier molecular flexibility index (Phi) is 5.16. The van der Waals surface area contributed by atoms with E-state index < -0.39 is 0 Å². The fourth-order valence-corrected chi connectivity index (χ4v) is 8.22. The first-order valence-electron chi connectivity index (χ1n) is 19.2. The molecule has 0 aliphatic carbocycles. The smallest absolute Gasteiger partial charge is 0.0645 e. The van der Waals surface area contributed by atoms with E-state index in [1.54, 1.807) is 0 Å². The van der Waals surface area contributed by atoms with Crippen molar-refractivity contribution >= 4 is 65.4 Å². The lowest BCUT2D eigenvalue weighted by molar-refractivity contribution is 1.16. The van der Waals surface area contributed by atoms with Gasteiger partial charge >= 0.3 is 0 Å². The summed E-state index contributed by atoms with van der Waals surface area (Å²) in [7, 11) is 0. The molecule has 0 aliphatic rings. The number of benzene rings is 8. The molecule has 3 heteroatoms. The quantitative estimate of drug-likeness (QED) is 0.180. The zero-order valence-corrected chi connectivity index (χ0v) is 27.4. The predicted octanol–water partition coefficient (Wildman–Crippen LogP) is 12.6. The van der Waals surface area contributed by atoms with Gasteiger partial charge in [0.25, 0.3) is 0 Å². The fraction of sp³-hybridized carbons (Fsp3) is 0. The van der Waals surface area contributed by atoms with E-state index >= 15 is 0 Å². The largest absolute Gasteiger partial charge is 0.309 e. The topological polar surface area (TPSA) is 14.8 Å². The molecule has 3 heterocycles. The van der Waals surface area contributed by atoms with Gasteiger partial charge in [-0.1, -0.05) is 121 Å². The summed E-state index contributed by atoms with van der Waals surface area (Å²) in [5, 5.41) is 5.93. The lowest BCUT2D eigenvalue weighted by atomic mass is 10.0. The minimum Gasteiger partial charge on any atom is -0.309 e. The molecule has 3 aromatic heterocycles. The summed E-state index contributed by atoms with van der Waals surface area (Å²) < 4.78 is 41.4. The molecule has 238 valence electrons. The highest BCUT2D eigenvalue weighted by atomic mass is 15.0. The average Bonchev–Trinajstić information content (AvgIpc) is 3.88. The Hall–Kier alpha value is -6.84. The highest BCUT2D eigenvalue weighted by Crippen LogP contribution is 2.39. The fourth-order valence-electron chi connectivity index (χ4n) is 8.22. The lowest BCUT2D eigenvalue weighted by Gasteiger charge is -2.15. The van der Waals surface area contributed by atoms with Crippen molar-refractivity contribution < 1.29 is 5.48 Å². The number of fused-ring (bicyclic) bond motifs is 9. The number of nitrogens with zero attached hydrogens (tertiary/aromatic N) is 3. The third-order valence-electron chi connectivity index (χ3n) is 10.4. The maximum Gasteiger partial charge on any atom is 0.0645 e. The highest BCUT2D eigenvalue weighted by molar-refractivity contribution is 6.13. The standard InChI is InChI=1S/C48H31N3/c1-7-22-42(51-46-26-11-4-19-38(46)39-20-5-12-27-47(39)51)35(16-1)32-14-13-15-33(30-32)49-45-25-10-6-21-40(45)41-31-34(28-29-48(41)49)50-43-23-8-2-17-36(43)37-18-3-9-24-44(37)50/h1-31H/i2D,8D,17D,23D. The van der Waals surface area contributed by atoms with Crippen LogP contribution in [-0.2, 0) is 0 Å². The number of hydrogen-bond donors (Lipinski definition) is 0. The van der Waals surface area contributed by atoms with E-state index in [-0.39, 0.29) is 24.2 Å². The number of para-hydroxylation sites is 6. The molecular weight excluding hydrogens is 619 g/mol. The third-order valence-corrected chi connectivity index (χ3v) is 10.4. The van der Waals surface area contributed by atoms with Crippen LogP contribution in [0.1, 0.15) is 5.48 Å². The molecule has 0 radical (unpaired) electrons. The van der Waals surface area contributed by atoms with Gasteiger partial charge in [-0.3, -0.25) is 0 Å². The van der Waals surface area contributed by atoms with Gasteiger partial charge in [-0.15, -0.1) is 0 Å². The summed E-state index contributed by atoms with van der Waals surface area (Å²) in [6.45, 7) is 0. The van der Waals surface area contributed by atoms with Crippen LogP contribution in [-0.4, -0.2) is 13.7 Å². The van der Waals surface area contributed by atoms with Gasteiger partial charge in [0.05, 0.1) is 44.3 Å². The zero-order valence-electron chi connectivity index (χ0n) is 31.4. The molecular formula is C48H31N3. The van der Waals surface area contributed by atoms with Gasteiger partial charge in [0.1, 0.15) is 0 Å². The summed E-state index contributed by atoms with van der Waals surface area (Å²) in [5.74, 6) is 0. The van der Waals surface area contributed by atoms with Crippen LogP contribution in [0.25, 0.3) is 93.6 Å². The monoisotopic (exact) mass is 653 g/mol. The van der Waals surface area contributed by atoms with Crippen molar-refractivity contribution in [2.24, 2.45) is 0 Å². The van der Waals surface area contributed by atoms with E-state index in [1.165, 1.54) is 21.8 Å². The molecule has 8 aromatic carbocycles. The third kappa shape index (κ3) is 4.06. The van der Waals surface area contributed by atoms with Gasteiger partial charge < -0.3 is 13.7 Å². The molecule has 3 nitrogen and oxygen atoms in total. The van der Waals surface area contributed by atoms with Crippen molar-refractivity contribution in [1.29, 1.82) is 0 Å². The second-order valence-electron chi connectivity index (χ2n) is 13.1.